The number of rotatable bonds is 2. The normalized spacial score (nSPS) is 23.5. The van der Waals surface area contributed by atoms with Gasteiger partial charge in [0.15, 0.2) is 0 Å². The largest absolute Gasteiger partial charge is 0.339 e. The van der Waals surface area contributed by atoms with Crippen LogP contribution in [-0.2, 0) is 4.79 Å². The maximum atomic E-state index is 11.8. The first-order valence-corrected chi connectivity index (χ1v) is 5.03. The molecule has 1 aliphatic rings. The average Bonchev–Trinajstić information content (AvgIpc) is 2.60. The van der Waals surface area contributed by atoms with Crippen molar-refractivity contribution in [2.75, 3.05) is 20.1 Å². The number of hydrogen-bond acceptors (Lipinski definition) is 2. The Morgan fingerprint density at radius 1 is 1.57 bits per heavy atom. The monoisotopic (exact) mass is 194 g/mol. The first kappa shape index (κ1) is 11.0. The first-order chi connectivity index (χ1) is 6.65. The van der Waals surface area contributed by atoms with E-state index >= 15 is 0 Å². The third-order valence-corrected chi connectivity index (χ3v) is 2.52. The second kappa shape index (κ2) is 4.94. The fourth-order valence-electron chi connectivity index (χ4n) is 1.63. The Kier molecular flexibility index (Phi) is 3.86. The van der Waals surface area contributed by atoms with Gasteiger partial charge in [-0.2, -0.15) is 0 Å². The highest BCUT2D eigenvalue weighted by Gasteiger charge is 2.23. The fraction of sp³-hybridized carbons (Fsp3) is 0.636. The van der Waals surface area contributed by atoms with Crippen molar-refractivity contribution in [1.82, 2.24) is 4.90 Å². The second-order valence-electron chi connectivity index (χ2n) is 3.90. The number of allylic oxidation sites excluding steroid dienone is 1. The SMILES string of the molecule is CN=C/C=C(\C)C(=O)N1CCC(C)C1. The molecular formula is C11H18N2O. The van der Waals surface area contributed by atoms with Gasteiger partial charge in [0, 0.05) is 31.9 Å². The van der Waals surface area contributed by atoms with Crippen molar-refractivity contribution in [3.8, 4) is 0 Å². The Morgan fingerprint density at radius 2 is 2.29 bits per heavy atom. The number of likely N-dealkylation sites (tertiary alicyclic amines) is 1. The maximum absolute atomic E-state index is 11.8. The Labute approximate surface area is 85.5 Å². The summed E-state index contributed by atoms with van der Waals surface area (Å²) in [4.78, 5) is 17.5. The zero-order chi connectivity index (χ0) is 10.6. The molecule has 0 aromatic carbocycles. The highest BCUT2D eigenvalue weighted by molar-refractivity contribution is 5.96. The summed E-state index contributed by atoms with van der Waals surface area (Å²) in [6.45, 7) is 5.81. The van der Waals surface area contributed by atoms with Gasteiger partial charge in [0.25, 0.3) is 0 Å². The van der Waals surface area contributed by atoms with Crippen LogP contribution in [0.5, 0.6) is 0 Å². The highest BCUT2D eigenvalue weighted by Crippen LogP contribution is 2.16. The molecule has 0 spiro atoms. The van der Waals surface area contributed by atoms with Crippen LogP contribution in [0, 0.1) is 5.92 Å². The minimum absolute atomic E-state index is 0.147. The van der Waals surface area contributed by atoms with Crippen molar-refractivity contribution in [3.05, 3.63) is 11.6 Å². The molecule has 1 saturated heterocycles. The highest BCUT2D eigenvalue weighted by atomic mass is 16.2. The molecule has 0 aliphatic carbocycles. The molecule has 1 unspecified atom stereocenters. The zero-order valence-electron chi connectivity index (χ0n) is 9.16. The van der Waals surface area contributed by atoms with Gasteiger partial charge in [0.1, 0.15) is 0 Å². The van der Waals surface area contributed by atoms with Gasteiger partial charge in [-0.1, -0.05) is 6.92 Å². The van der Waals surface area contributed by atoms with Crippen LogP contribution in [0.2, 0.25) is 0 Å². The van der Waals surface area contributed by atoms with Crippen molar-refractivity contribution in [2.24, 2.45) is 10.9 Å². The molecule has 3 heteroatoms. The van der Waals surface area contributed by atoms with E-state index < -0.39 is 0 Å². The van der Waals surface area contributed by atoms with Gasteiger partial charge in [-0.25, -0.2) is 0 Å². The van der Waals surface area contributed by atoms with Gasteiger partial charge in [0.05, 0.1) is 0 Å². The van der Waals surface area contributed by atoms with Gasteiger partial charge in [-0.05, 0) is 25.3 Å². The van der Waals surface area contributed by atoms with E-state index in [0.717, 1.165) is 25.1 Å². The Morgan fingerprint density at radius 3 is 2.79 bits per heavy atom. The summed E-state index contributed by atoms with van der Waals surface area (Å²) in [7, 11) is 1.70. The van der Waals surface area contributed by atoms with Crippen LogP contribution in [-0.4, -0.2) is 37.2 Å². The predicted molar refractivity (Wildman–Crippen MR) is 58.5 cm³/mol. The van der Waals surface area contributed by atoms with Gasteiger partial charge in [-0.3, -0.25) is 9.79 Å². The van der Waals surface area contributed by atoms with Crippen LogP contribution in [0.1, 0.15) is 20.3 Å². The fourth-order valence-corrected chi connectivity index (χ4v) is 1.63. The lowest BCUT2D eigenvalue weighted by Crippen LogP contribution is -2.29. The number of carbonyl (C=O) groups is 1. The van der Waals surface area contributed by atoms with E-state index in [1.165, 1.54) is 0 Å². The minimum atomic E-state index is 0.147. The molecule has 0 saturated carbocycles. The molecule has 0 bridgehead atoms. The number of amides is 1. The average molecular weight is 194 g/mol. The van der Waals surface area contributed by atoms with Crippen LogP contribution in [0.25, 0.3) is 0 Å². The number of nitrogens with zero attached hydrogens (tertiary/aromatic N) is 2. The van der Waals surface area contributed by atoms with Crippen LogP contribution < -0.4 is 0 Å². The molecule has 0 aromatic rings. The summed E-state index contributed by atoms with van der Waals surface area (Å²) in [6.07, 6.45) is 4.55. The smallest absolute Gasteiger partial charge is 0.249 e. The van der Waals surface area contributed by atoms with Crippen LogP contribution in [0.15, 0.2) is 16.6 Å². The Bertz CT molecular complexity index is 268. The molecule has 3 nitrogen and oxygen atoms in total. The molecule has 1 aliphatic heterocycles. The topological polar surface area (TPSA) is 32.7 Å². The van der Waals surface area contributed by atoms with Crippen molar-refractivity contribution in [2.45, 2.75) is 20.3 Å². The Balaban J connectivity index is 2.57. The van der Waals surface area contributed by atoms with Gasteiger partial charge < -0.3 is 4.90 Å². The second-order valence-corrected chi connectivity index (χ2v) is 3.90. The van der Waals surface area contributed by atoms with E-state index in [4.69, 9.17) is 0 Å². The summed E-state index contributed by atoms with van der Waals surface area (Å²) in [5.74, 6) is 0.792. The van der Waals surface area contributed by atoms with E-state index in [0.29, 0.717) is 5.92 Å². The molecule has 1 fully saturated rings. The van der Waals surface area contributed by atoms with Crippen LogP contribution >= 0.6 is 0 Å². The summed E-state index contributed by atoms with van der Waals surface area (Å²) in [6, 6.07) is 0. The van der Waals surface area contributed by atoms with Crippen LogP contribution in [0.4, 0.5) is 0 Å². The quantitative estimate of drug-likeness (QED) is 0.484. The predicted octanol–water partition coefficient (Wildman–Crippen LogP) is 1.50. The van der Waals surface area contributed by atoms with E-state index in [2.05, 4.69) is 11.9 Å². The minimum Gasteiger partial charge on any atom is -0.339 e. The molecule has 0 radical (unpaired) electrons. The van der Waals surface area contributed by atoms with Gasteiger partial charge >= 0.3 is 0 Å². The van der Waals surface area contributed by atoms with Crippen molar-refractivity contribution in [1.29, 1.82) is 0 Å². The van der Waals surface area contributed by atoms with Crippen molar-refractivity contribution >= 4 is 12.1 Å². The lowest BCUT2D eigenvalue weighted by molar-refractivity contribution is -0.126. The molecule has 0 aromatic heterocycles. The van der Waals surface area contributed by atoms with E-state index in [-0.39, 0.29) is 5.91 Å². The lowest BCUT2D eigenvalue weighted by Gasteiger charge is -2.15. The van der Waals surface area contributed by atoms with E-state index in [1.807, 2.05) is 11.8 Å². The summed E-state index contributed by atoms with van der Waals surface area (Å²) in [5.41, 5.74) is 0.768. The van der Waals surface area contributed by atoms with E-state index in [9.17, 15) is 4.79 Å². The van der Waals surface area contributed by atoms with Crippen molar-refractivity contribution in [3.63, 3.8) is 0 Å². The number of carbonyl (C=O) groups excluding carboxylic acids is 1. The molecule has 78 valence electrons. The molecule has 1 rings (SSSR count). The molecule has 1 heterocycles. The number of hydrogen-bond donors (Lipinski definition) is 0. The third-order valence-electron chi connectivity index (χ3n) is 2.52. The van der Waals surface area contributed by atoms with Gasteiger partial charge in [0.2, 0.25) is 5.91 Å². The maximum Gasteiger partial charge on any atom is 0.249 e. The standard InChI is InChI=1S/C11H18N2O/c1-9-5-7-13(8-9)11(14)10(2)4-6-12-3/h4,6,9H,5,7-8H2,1-3H3/b10-4+,12-6?. The summed E-state index contributed by atoms with van der Waals surface area (Å²) < 4.78 is 0. The van der Waals surface area contributed by atoms with Gasteiger partial charge in [-0.15, -0.1) is 0 Å². The molecule has 0 N–H and O–H groups in total. The first-order valence-electron chi connectivity index (χ1n) is 5.03. The number of aliphatic imine (C=N–C) groups is 1. The third kappa shape index (κ3) is 2.69. The van der Waals surface area contributed by atoms with Crippen LogP contribution in [0.3, 0.4) is 0 Å². The van der Waals surface area contributed by atoms with Crippen molar-refractivity contribution < 1.29 is 4.79 Å². The summed E-state index contributed by atoms with van der Waals surface area (Å²) in [5, 5.41) is 0. The molecule has 1 amide bonds. The van der Waals surface area contributed by atoms with E-state index in [1.54, 1.807) is 19.3 Å². The molecule has 1 atom stereocenters. The summed E-state index contributed by atoms with van der Waals surface area (Å²) >= 11 is 0. The lowest BCUT2D eigenvalue weighted by atomic mass is 10.2. The molecular weight excluding hydrogens is 176 g/mol. The molecule has 14 heavy (non-hydrogen) atoms. The zero-order valence-corrected chi connectivity index (χ0v) is 9.16. The Hall–Kier alpha value is -1.12.